The Morgan fingerprint density at radius 2 is 1.63 bits per heavy atom. The summed E-state index contributed by atoms with van der Waals surface area (Å²) >= 11 is 0. The third-order valence-corrected chi connectivity index (χ3v) is 4.25. The SMILES string of the molecule is Cc1cccc(NC(=O)Nc2ccc(Nc3cc(-n4cccn4)nc(C)n3)cc2)c1. The van der Waals surface area contributed by atoms with Crippen LogP contribution in [0.4, 0.5) is 27.7 Å². The third-order valence-electron chi connectivity index (χ3n) is 4.25. The monoisotopic (exact) mass is 399 g/mol. The Morgan fingerprint density at radius 3 is 2.37 bits per heavy atom. The number of rotatable bonds is 5. The van der Waals surface area contributed by atoms with E-state index in [0.29, 0.717) is 23.1 Å². The van der Waals surface area contributed by atoms with Crippen LogP contribution in [0.5, 0.6) is 0 Å². The van der Waals surface area contributed by atoms with Gasteiger partial charge in [0, 0.05) is 35.5 Å². The Labute approximate surface area is 174 Å². The van der Waals surface area contributed by atoms with Gasteiger partial charge in [-0.3, -0.25) is 0 Å². The molecule has 8 nitrogen and oxygen atoms in total. The van der Waals surface area contributed by atoms with E-state index in [0.717, 1.165) is 16.9 Å². The highest BCUT2D eigenvalue weighted by molar-refractivity contribution is 5.99. The van der Waals surface area contributed by atoms with Gasteiger partial charge in [0.2, 0.25) is 0 Å². The fourth-order valence-corrected chi connectivity index (χ4v) is 2.94. The van der Waals surface area contributed by atoms with Crippen molar-refractivity contribution in [1.82, 2.24) is 19.7 Å². The summed E-state index contributed by atoms with van der Waals surface area (Å²) in [6.45, 7) is 3.81. The van der Waals surface area contributed by atoms with E-state index in [1.54, 1.807) is 10.9 Å². The summed E-state index contributed by atoms with van der Waals surface area (Å²) in [4.78, 5) is 21.0. The van der Waals surface area contributed by atoms with Crippen LogP contribution in [0.2, 0.25) is 0 Å². The van der Waals surface area contributed by atoms with E-state index in [1.165, 1.54) is 0 Å². The van der Waals surface area contributed by atoms with Crippen molar-refractivity contribution in [1.29, 1.82) is 0 Å². The lowest BCUT2D eigenvalue weighted by Gasteiger charge is -2.11. The van der Waals surface area contributed by atoms with Crippen LogP contribution in [0.1, 0.15) is 11.4 Å². The van der Waals surface area contributed by atoms with Gasteiger partial charge < -0.3 is 16.0 Å². The number of aromatic nitrogens is 4. The van der Waals surface area contributed by atoms with Crippen molar-refractivity contribution in [2.75, 3.05) is 16.0 Å². The van der Waals surface area contributed by atoms with Gasteiger partial charge in [-0.15, -0.1) is 0 Å². The molecule has 0 atom stereocenters. The van der Waals surface area contributed by atoms with E-state index in [9.17, 15) is 4.79 Å². The number of nitrogens with zero attached hydrogens (tertiary/aromatic N) is 4. The van der Waals surface area contributed by atoms with Gasteiger partial charge in [-0.05, 0) is 61.9 Å². The molecule has 0 saturated carbocycles. The highest BCUT2D eigenvalue weighted by Crippen LogP contribution is 2.19. The summed E-state index contributed by atoms with van der Waals surface area (Å²) < 4.78 is 1.68. The molecular weight excluding hydrogens is 378 g/mol. The summed E-state index contributed by atoms with van der Waals surface area (Å²) in [5, 5.41) is 13.1. The maximum Gasteiger partial charge on any atom is 0.323 e. The molecule has 150 valence electrons. The maximum atomic E-state index is 12.2. The molecule has 2 amide bonds. The van der Waals surface area contributed by atoms with Crippen molar-refractivity contribution in [3.05, 3.63) is 84.4 Å². The van der Waals surface area contributed by atoms with Crippen LogP contribution < -0.4 is 16.0 Å². The van der Waals surface area contributed by atoms with Crippen molar-refractivity contribution in [2.24, 2.45) is 0 Å². The van der Waals surface area contributed by atoms with Gasteiger partial charge in [-0.1, -0.05) is 12.1 Å². The Bertz CT molecular complexity index is 1150. The lowest BCUT2D eigenvalue weighted by molar-refractivity contribution is 0.262. The molecule has 0 fully saturated rings. The Kier molecular flexibility index (Phi) is 5.38. The zero-order valence-electron chi connectivity index (χ0n) is 16.6. The van der Waals surface area contributed by atoms with E-state index >= 15 is 0 Å². The first-order chi connectivity index (χ1) is 14.5. The lowest BCUT2D eigenvalue weighted by atomic mass is 10.2. The molecule has 4 rings (SSSR count). The Hall–Kier alpha value is -4.20. The third kappa shape index (κ3) is 4.79. The molecule has 0 saturated heterocycles. The number of nitrogens with one attached hydrogen (secondary N) is 3. The molecule has 2 heterocycles. The Balaban J connectivity index is 1.41. The molecule has 2 aromatic heterocycles. The quantitative estimate of drug-likeness (QED) is 0.453. The minimum atomic E-state index is -0.295. The van der Waals surface area contributed by atoms with Crippen molar-refractivity contribution >= 4 is 28.9 Å². The van der Waals surface area contributed by atoms with Gasteiger partial charge in [0.05, 0.1) is 0 Å². The average Bonchev–Trinajstić information content (AvgIpc) is 3.24. The van der Waals surface area contributed by atoms with Gasteiger partial charge >= 0.3 is 6.03 Å². The second kappa shape index (κ2) is 8.44. The molecule has 8 heteroatoms. The first kappa shape index (κ1) is 19.1. The number of amides is 2. The number of carbonyl (C=O) groups is 1. The highest BCUT2D eigenvalue weighted by Gasteiger charge is 2.06. The van der Waals surface area contributed by atoms with E-state index in [-0.39, 0.29) is 6.03 Å². The molecule has 4 aromatic rings. The van der Waals surface area contributed by atoms with E-state index in [2.05, 4.69) is 31.0 Å². The smallest absolute Gasteiger partial charge is 0.323 e. The summed E-state index contributed by atoms with van der Waals surface area (Å²) in [6.07, 6.45) is 3.53. The second-order valence-electron chi connectivity index (χ2n) is 6.76. The molecule has 0 radical (unpaired) electrons. The van der Waals surface area contributed by atoms with Crippen molar-refractivity contribution < 1.29 is 4.79 Å². The zero-order chi connectivity index (χ0) is 20.9. The second-order valence-corrected chi connectivity index (χ2v) is 6.76. The van der Waals surface area contributed by atoms with Crippen LogP contribution in [-0.4, -0.2) is 25.8 Å². The number of urea groups is 1. The largest absolute Gasteiger partial charge is 0.340 e. The fraction of sp³-hybridized carbons (Fsp3) is 0.0909. The van der Waals surface area contributed by atoms with Crippen LogP contribution >= 0.6 is 0 Å². The topological polar surface area (TPSA) is 96.8 Å². The molecule has 0 aliphatic rings. The number of anilines is 4. The minimum absolute atomic E-state index is 0.295. The first-order valence-corrected chi connectivity index (χ1v) is 9.43. The van der Waals surface area contributed by atoms with Gasteiger partial charge in [0.25, 0.3) is 0 Å². The van der Waals surface area contributed by atoms with E-state index in [4.69, 9.17) is 0 Å². The van der Waals surface area contributed by atoms with Crippen molar-refractivity contribution in [3.8, 4) is 5.82 Å². The predicted octanol–water partition coefficient (Wildman–Crippen LogP) is 4.67. The summed E-state index contributed by atoms with van der Waals surface area (Å²) in [6, 6.07) is 18.4. The zero-order valence-corrected chi connectivity index (χ0v) is 16.6. The maximum absolute atomic E-state index is 12.2. The van der Waals surface area contributed by atoms with Crippen LogP contribution in [-0.2, 0) is 0 Å². The van der Waals surface area contributed by atoms with Crippen LogP contribution in [0.3, 0.4) is 0 Å². The van der Waals surface area contributed by atoms with Crippen LogP contribution in [0, 0.1) is 13.8 Å². The Morgan fingerprint density at radius 1 is 0.867 bits per heavy atom. The van der Waals surface area contributed by atoms with E-state index in [1.807, 2.05) is 80.7 Å². The molecule has 3 N–H and O–H groups in total. The standard InChI is InChI=1S/C22H21N7O/c1-15-5-3-6-19(13-15)28-22(30)27-18-9-7-17(8-10-18)26-20-14-21(25-16(2)24-20)29-12-4-11-23-29/h3-14H,1-2H3,(H,24,25,26)(H2,27,28,30). The average molecular weight is 399 g/mol. The minimum Gasteiger partial charge on any atom is -0.340 e. The molecule has 0 unspecified atom stereocenters. The fourth-order valence-electron chi connectivity index (χ4n) is 2.94. The number of hydrogen-bond donors (Lipinski definition) is 3. The lowest BCUT2D eigenvalue weighted by Crippen LogP contribution is -2.19. The molecular formula is C22H21N7O. The molecule has 2 aromatic carbocycles. The molecule has 0 aliphatic carbocycles. The summed E-state index contributed by atoms with van der Waals surface area (Å²) in [5.74, 6) is 1.98. The highest BCUT2D eigenvalue weighted by atomic mass is 16.2. The van der Waals surface area contributed by atoms with Crippen molar-refractivity contribution in [2.45, 2.75) is 13.8 Å². The number of carbonyl (C=O) groups excluding carboxylic acids is 1. The van der Waals surface area contributed by atoms with E-state index < -0.39 is 0 Å². The summed E-state index contributed by atoms with van der Waals surface area (Å²) in [5.41, 5.74) is 3.35. The number of aryl methyl sites for hydroxylation is 2. The molecule has 0 spiro atoms. The van der Waals surface area contributed by atoms with Gasteiger partial charge in [0.15, 0.2) is 5.82 Å². The molecule has 30 heavy (non-hydrogen) atoms. The van der Waals surface area contributed by atoms with Gasteiger partial charge in [-0.25, -0.2) is 19.4 Å². The molecule has 0 bridgehead atoms. The van der Waals surface area contributed by atoms with Gasteiger partial charge in [0.1, 0.15) is 11.6 Å². The number of benzene rings is 2. The van der Waals surface area contributed by atoms with Crippen LogP contribution in [0.15, 0.2) is 73.1 Å². The van der Waals surface area contributed by atoms with Gasteiger partial charge in [-0.2, -0.15) is 5.10 Å². The first-order valence-electron chi connectivity index (χ1n) is 9.43. The molecule has 0 aliphatic heterocycles. The predicted molar refractivity (Wildman–Crippen MR) is 117 cm³/mol. The number of hydrogen-bond acceptors (Lipinski definition) is 5. The van der Waals surface area contributed by atoms with Crippen LogP contribution in [0.25, 0.3) is 5.82 Å². The normalized spacial score (nSPS) is 10.5. The summed E-state index contributed by atoms with van der Waals surface area (Å²) in [7, 11) is 0. The van der Waals surface area contributed by atoms with Crippen molar-refractivity contribution in [3.63, 3.8) is 0 Å².